The van der Waals surface area contributed by atoms with Crippen LogP contribution < -0.4 is 10.6 Å². The molecule has 0 atom stereocenters. The Labute approximate surface area is 158 Å². The van der Waals surface area contributed by atoms with Gasteiger partial charge in [0.2, 0.25) is 0 Å². The molecule has 0 saturated heterocycles. The molecule has 4 rings (SSSR count). The van der Waals surface area contributed by atoms with Crippen molar-refractivity contribution >= 4 is 28.8 Å². The Morgan fingerprint density at radius 3 is 2.65 bits per heavy atom. The molecular formula is C20H20ClN5. The Kier molecular flexibility index (Phi) is 4.49. The zero-order valence-corrected chi connectivity index (χ0v) is 15.3. The van der Waals surface area contributed by atoms with E-state index in [0.717, 1.165) is 41.6 Å². The number of likely N-dealkylation sites (N-methyl/N-ethyl adjacent to an activating group) is 1. The maximum Gasteiger partial charge on any atom is 0.146 e. The van der Waals surface area contributed by atoms with Crippen molar-refractivity contribution in [3.8, 4) is 11.3 Å². The van der Waals surface area contributed by atoms with E-state index in [1.54, 1.807) is 6.07 Å². The van der Waals surface area contributed by atoms with Crippen molar-refractivity contribution in [3.05, 3.63) is 65.2 Å². The van der Waals surface area contributed by atoms with Crippen LogP contribution >= 0.6 is 11.6 Å². The molecule has 0 amide bonds. The van der Waals surface area contributed by atoms with E-state index < -0.39 is 0 Å². The summed E-state index contributed by atoms with van der Waals surface area (Å²) in [4.78, 5) is 4.64. The van der Waals surface area contributed by atoms with Gasteiger partial charge >= 0.3 is 0 Å². The van der Waals surface area contributed by atoms with Gasteiger partial charge in [0.25, 0.3) is 0 Å². The van der Waals surface area contributed by atoms with Crippen molar-refractivity contribution in [3.63, 3.8) is 0 Å². The molecule has 3 aromatic rings. The second-order valence-corrected chi connectivity index (χ2v) is 6.99. The van der Waals surface area contributed by atoms with E-state index in [9.17, 15) is 0 Å². The van der Waals surface area contributed by atoms with Crippen molar-refractivity contribution in [1.29, 1.82) is 0 Å². The fraction of sp³-hybridized carbons (Fsp3) is 0.200. The van der Waals surface area contributed by atoms with Gasteiger partial charge in [0.05, 0.1) is 5.69 Å². The van der Waals surface area contributed by atoms with Crippen LogP contribution in [0.2, 0.25) is 5.02 Å². The molecule has 0 unspecified atom stereocenters. The molecule has 0 saturated carbocycles. The maximum absolute atomic E-state index is 6.22. The molecule has 5 nitrogen and oxygen atoms in total. The SMILES string of the molecule is CN1CCN(c2cccc(Cl)c2)c2ccc(-c3ccc(N)nn3)cc2C1. The summed E-state index contributed by atoms with van der Waals surface area (Å²) in [7, 11) is 2.14. The summed E-state index contributed by atoms with van der Waals surface area (Å²) >= 11 is 6.22. The van der Waals surface area contributed by atoms with Gasteiger partial charge in [-0.3, -0.25) is 0 Å². The minimum Gasteiger partial charge on any atom is -0.382 e. The molecule has 6 heteroatoms. The first-order valence-corrected chi connectivity index (χ1v) is 8.92. The molecule has 0 aliphatic carbocycles. The third kappa shape index (κ3) is 3.36. The van der Waals surface area contributed by atoms with Crippen LogP contribution in [0.15, 0.2) is 54.6 Å². The van der Waals surface area contributed by atoms with Gasteiger partial charge in [-0.2, -0.15) is 0 Å². The maximum atomic E-state index is 6.22. The lowest BCUT2D eigenvalue weighted by Gasteiger charge is -2.25. The monoisotopic (exact) mass is 365 g/mol. The number of fused-ring (bicyclic) bond motifs is 1. The largest absolute Gasteiger partial charge is 0.382 e. The second-order valence-electron chi connectivity index (χ2n) is 6.56. The first-order valence-electron chi connectivity index (χ1n) is 8.54. The van der Waals surface area contributed by atoms with Crippen LogP contribution in [0.5, 0.6) is 0 Å². The van der Waals surface area contributed by atoms with Gasteiger partial charge in [0.15, 0.2) is 0 Å². The number of aromatic nitrogens is 2. The van der Waals surface area contributed by atoms with E-state index in [4.69, 9.17) is 17.3 Å². The number of benzene rings is 2. The number of hydrogen-bond acceptors (Lipinski definition) is 5. The van der Waals surface area contributed by atoms with Crippen LogP contribution in [0, 0.1) is 0 Å². The molecule has 0 fully saturated rings. The lowest BCUT2D eigenvalue weighted by atomic mass is 10.0. The highest BCUT2D eigenvalue weighted by atomic mass is 35.5. The number of rotatable bonds is 2. The zero-order chi connectivity index (χ0) is 18.1. The van der Waals surface area contributed by atoms with Crippen molar-refractivity contribution < 1.29 is 0 Å². The standard InChI is InChI=1S/C20H20ClN5/c1-25-9-10-26(17-4-2-3-16(21)12-17)19-7-5-14(11-15(19)13-25)18-6-8-20(22)24-23-18/h2-8,11-12H,9-10,13H2,1H3,(H2,22,24). The van der Waals surface area contributed by atoms with E-state index in [-0.39, 0.29) is 0 Å². The summed E-state index contributed by atoms with van der Waals surface area (Å²) < 4.78 is 0. The molecule has 1 aromatic heterocycles. The second kappa shape index (κ2) is 6.94. The van der Waals surface area contributed by atoms with E-state index >= 15 is 0 Å². The number of halogens is 1. The van der Waals surface area contributed by atoms with E-state index in [2.05, 4.69) is 51.3 Å². The predicted octanol–water partition coefficient (Wildman–Crippen LogP) is 3.96. The minimum atomic E-state index is 0.426. The van der Waals surface area contributed by atoms with Crippen LogP contribution in [0.3, 0.4) is 0 Å². The molecule has 2 heterocycles. The topological polar surface area (TPSA) is 58.3 Å². The smallest absolute Gasteiger partial charge is 0.146 e. The van der Waals surface area contributed by atoms with Crippen LogP contribution in [0.1, 0.15) is 5.56 Å². The fourth-order valence-electron chi connectivity index (χ4n) is 3.30. The van der Waals surface area contributed by atoms with Gasteiger partial charge in [-0.1, -0.05) is 23.7 Å². The molecule has 1 aliphatic rings. The van der Waals surface area contributed by atoms with Gasteiger partial charge in [-0.05, 0) is 55.1 Å². The highest BCUT2D eigenvalue weighted by Gasteiger charge is 2.20. The first-order chi connectivity index (χ1) is 12.6. The molecular weight excluding hydrogens is 346 g/mol. The Morgan fingerprint density at radius 1 is 1.00 bits per heavy atom. The van der Waals surface area contributed by atoms with E-state index in [1.165, 1.54) is 11.3 Å². The van der Waals surface area contributed by atoms with Gasteiger partial charge in [-0.25, -0.2) is 0 Å². The number of hydrogen-bond donors (Lipinski definition) is 1. The predicted molar refractivity (Wildman–Crippen MR) is 107 cm³/mol. The molecule has 0 bridgehead atoms. The Morgan fingerprint density at radius 2 is 1.88 bits per heavy atom. The third-order valence-electron chi connectivity index (χ3n) is 4.62. The van der Waals surface area contributed by atoms with Crippen LogP contribution in [-0.4, -0.2) is 35.2 Å². The van der Waals surface area contributed by atoms with Crippen molar-refractivity contribution in [2.75, 3.05) is 30.8 Å². The Balaban J connectivity index is 1.78. The van der Waals surface area contributed by atoms with Gasteiger partial charge < -0.3 is 15.5 Å². The molecule has 2 aromatic carbocycles. The van der Waals surface area contributed by atoms with Gasteiger partial charge in [-0.15, -0.1) is 10.2 Å². The van der Waals surface area contributed by atoms with Crippen LogP contribution in [-0.2, 0) is 6.54 Å². The average Bonchev–Trinajstić information content (AvgIpc) is 2.80. The summed E-state index contributed by atoms with van der Waals surface area (Å²) in [6.45, 7) is 2.76. The Bertz CT molecular complexity index is 926. The average molecular weight is 366 g/mol. The van der Waals surface area contributed by atoms with Crippen molar-refractivity contribution in [1.82, 2.24) is 15.1 Å². The summed E-state index contributed by atoms with van der Waals surface area (Å²) in [5.41, 5.74) is 11.1. The lowest BCUT2D eigenvalue weighted by molar-refractivity contribution is 0.343. The van der Waals surface area contributed by atoms with Crippen LogP contribution in [0.25, 0.3) is 11.3 Å². The molecule has 1 aliphatic heterocycles. The zero-order valence-electron chi connectivity index (χ0n) is 14.6. The third-order valence-corrected chi connectivity index (χ3v) is 4.85. The summed E-state index contributed by atoms with van der Waals surface area (Å²) in [6, 6.07) is 18.1. The lowest BCUT2D eigenvalue weighted by Crippen LogP contribution is -2.26. The van der Waals surface area contributed by atoms with Gasteiger partial charge in [0.1, 0.15) is 5.82 Å². The summed E-state index contributed by atoms with van der Waals surface area (Å²) in [5, 5.41) is 8.92. The number of nitrogen functional groups attached to an aromatic ring is 1. The summed E-state index contributed by atoms with van der Waals surface area (Å²) in [5.74, 6) is 0.426. The molecule has 26 heavy (non-hydrogen) atoms. The minimum absolute atomic E-state index is 0.426. The van der Waals surface area contributed by atoms with E-state index in [0.29, 0.717) is 5.82 Å². The number of nitrogens with two attached hydrogens (primary N) is 1. The molecule has 132 valence electrons. The number of nitrogens with zero attached hydrogens (tertiary/aromatic N) is 4. The summed E-state index contributed by atoms with van der Waals surface area (Å²) in [6.07, 6.45) is 0. The van der Waals surface area contributed by atoms with E-state index in [1.807, 2.05) is 24.3 Å². The fourth-order valence-corrected chi connectivity index (χ4v) is 3.49. The number of anilines is 3. The van der Waals surface area contributed by atoms with Crippen molar-refractivity contribution in [2.24, 2.45) is 0 Å². The quantitative estimate of drug-likeness (QED) is 0.744. The van der Waals surface area contributed by atoms with Crippen LogP contribution in [0.4, 0.5) is 17.2 Å². The van der Waals surface area contributed by atoms with Crippen molar-refractivity contribution in [2.45, 2.75) is 6.54 Å². The van der Waals surface area contributed by atoms with Gasteiger partial charge in [0, 0.05) is 41.6 Å². The Hall–Kier alpha value is -2.63. The molecule has 0 radical (unpaired) electrons. The molecule has 0 spiro atoms. The normalized spacial score (nSPS) is 14.8. The first kappa shape index (κ1) is 16.8. The highest BCUT2D eigenvalue weighted by Crippen LogP contribution is 2.34. The highest BCUT2D eigenvalue weighted by molar-refractivity contribution is 6.30. The molecule has 2 N–H and O–H groups in total.